The van der Waals surface area contributed by atoms with Crippen molar-refractivity contribution in [3.63, 3.8) is 0 Å². The molecular formula is C29H34O4. The van der Waals surface area contributed by atoms with Crippen LogP contribution in [-0.2, 0) is 4.79 Å². The quantitative estimate of drug-likeness (QED) is 0.250. The molecule has 0 fully saturated rings. The predicted molar refractivity (Wildman–Crippen MR) is 135 cm³/mol. The van der Waals surface area contributed by atoms with Crippen LogP contribution in [0, 0.1) is 0 Å². The van der Waals surface area contributed by atoms with E-state index in [1.54, 1.807) is 6.08 Å². The lowest BCUT2D eigenvalue weighted by Gasteiger charge is -2.08. The molecule has 0 radical (unpaired) electrons. The first kappa shape index (κ1) is 25.9. The van der Waals surface area contributed by atoms with Crippen LogP contribution in [0.25, 0.3) is 17.2 Å². The topological polar surface area (TPSA) is 66.8 Å². The molecule has 3 rings (SSSR count). The zero-order valence-electron chi connectivity index (χ0n) is 19.3. The van der Waals surface area contributed by atoms with Crippen LogP contribution in [0.2, 0.25) is 0 Å². The minimum Gasteiger partial charge on any atom is -0.494 e. The van der Waals surface area contributed by atoms with Gasteiger partial charge >= 0.3 is 5.97 Å². The molecule has 3 aromatic carbocycles. The minimum absolute atomic E-state index is 0.169. The molecule has 0 amide bonds. The highest BCUT2D eigenvalue weighted by Crippen LogP contribution is 2.17. The fraction of sp³-hybridized carbons (Fsp3) is 0.276. The zero-order valence-corrected chi connectivity index (χ0v) is 19.3. The molecule has 2 N–H and O–H groups in total. The van der Waals surface area contributed by atoms with Crippen LogP contribution in [0.5, 0.6) is 5.75 Å². The Morgan fingerprint density at radius 3 is 1.94 bits per heavy atom. The van der Waals surface area contributed by atoms with Gasteiger partial charge in [0.25, 0.3) is 0 Å². The Hall–Kier alpha value is -3.37. The molecule has 0 spiro atoms. The summed E-state index contributed by atoms with van der Waals surface area (Å²) in [5, 5.41) is 18.0. The van der Waals surface area contributed by atoms with Crippen molar-refractivity contribution in [2.24, 2.45) is 0 Å². The van der Waals surface area contributed by atoms with Gasteiger partial charge in [-0.15, -0.1) is 0 Å². The molecule has 33 heavy (non-hydrogen) atoms. The minimum atomic E-state index is -0.955. The number of unbranched alkanes of at least 4 members (excludes halogenated alkanes) is 2. The summed E-state index contributed by atoms with van der Waals surface area (Å²) in [4.78, 5) is 10.4. The normalized spacial score (nSPS) is 11.5. The highest BCUT2D eigenvalue weighted by Gasteiger charge is 2.00. The Kier molecular flexibility index (Phi) is 12.1. The van der Waals surface area contributed by atoms with E-state index in [1.807, 2.05) is 43.3 Å². The van der Waals surface area contributed by atoms with E-state index in [-0.39, 0.29) is 6.10 Å². The van der Waals surface area contributed by atoms with Crippen molar-refractivity contribution in [1.29, 1.82) is 0 Å². The number of hydrogen-bond acceptors (Lipinski definition) is 3. The van der Waals surface area contributed by atoms with E-state index in [4.69, 9.17) is 9.84 Å². The molecule has 1 atom stereocenters. The van der Waals surface area contributed by atoms with Crippen molar-refractivity contribution in [3.8, 4) is 16.9 Å². The number of aliphatic hydroxyl groups excluding tert-OH is 1. The first-order chi connectivity index (χ1) is 16.1. The molecule has 0 saturated heterocycles. The number of aliphatic hydroxyl groups is 1. The maximum Gasteiger partial charge on any atom is 0.328 e. The molecule has 0 aliphatic heterocycles. The zero-order chi connectivity index (χ0) is 23.7. The van der Waals surface area contributed by atoms with Gasteiger partial charge in [0.15, 0.2) is 0 Å². The summed E-state index contributed by atoms with van der Waals surface area (Å²) in [6.07, 6.45) is 7.22. The number of carboxylic acids is 1. The van der Waals surface area contributed by atoms with Gasteiger partial charge in [0.1, 0.15) is 5.75 Å². The van der Waals surface area contributed by atoms with Gasteiger partial charge in [-0.25, -0.2) is 4.79 Å². The highest BCUT2D eigenvalue weighted by molar-refractivity contribution is 5.85. The molecule has 1 unspecified atom stereocenters. The van der Waals surface area contributed by atoms with E-state index in [2.05, 4.69) is 48.5 Å². The van der Waals surface area contributed by atoms with Gasteiger partial charge in [0, 0.05) is 6.08 Å². The summed E-state index contributed by atoms with van der Waals surface area (Å²) in [5.74, 6) is -0.167. The second-order valence-corrected chi connectivity index (χ2v) is 7.73. The Morgan fingerprint density at radius 2 is 1.42 bits per heavy atom. The lowest BCUT2D eigenvalue weighted by molar-refractivity contribution is -0.131. The Balaban J connectivity index is 0.000000268. The smallest absolute Gasteiger partial charge is 0.328 e. The van der Waals surface area contributed by atoms with E-state index >= 15 is 0 Å². The second kappa shape index (κ2) is 15.4. The summed E-state index contributed by atoms with van der Waals surface area (Å²) in [6, 6.07) is 28.1. The van der Waals surface area contributed by atoms with Crippen LogP contribution in [0.3, 0.4) is 0 Å². The average Bonchev–Trinajstić information content (AvgIpc) is 2.87. The van der Waals surface area contributed by atoms with E-state index in [1.165, 1.54) is 11.1 Å². The number of carbonyl (C=O) groups is 1. The number of aliphatic carboxylic acids is 1. The van der Waals surface area contributed by atoms with Crippen LogP contribution in [0.1, 0.15) is 44.6 Å². The fourth-order valence-electron chi connectivity index (χ4n) is 3.16. The van der Waals surface area contributed by atoms with E-state index in [9.17, 15) is 9.90 Å². The van der Waals surface area contributed by atoms with Crippen molar-refractivity contribution in [2.75, 3.05) is 6.61 Å². The van der Waals surface area contributed by atoms with Gasteiger partial charge < -0.3 is 14.9 Å². The fourth-order valence-corrected chi connectivity index (χ4v) is 3.16. The van der Waals surface area contributed by atoms with Crippen LogP contribution in [0.4, 0.5) is 0 Å². The van der Waals surface area contributed by atoms with E-state index < -0.39 is 5.97 Å². The molecule has 0 aromatic heterocycles. The van der Waals surface area contributed by atoms with E-state index in [0.29, 0.717) is 6.61 Å². The summed E-state index contributed by atoms with van der Waals surface area (Å²) in [7, 11) is 0. The molecule has 4 heteroatoms. The van der Waals surface area contributed by atoms with Gasteiger partial charge in [0.05, 0.1) is 12.7 Å². The third kappa shape index (κ3) is 11.2. The first-order valence-electron chi connectivity index (χ1n) is 11.5. The van der Waals surface area contributed by atoms with Crippen LogP contribution in [-0.4, -0.2) is 28.9 Å². The number of hydrogen-bond donors (Lipinski definition) is 2. The van der Waals surface area contributed by atoms with Gasteiger partial charge in [-0.1, -0.05) is 86.1 Å². The highest BCUT2D eigenvalue weighted by atomic mass is 16.5. The number of ether oxygens (including phenoxy) is 1. The van der Waals surface area contributed by atoms with Gasteiger partial charge in [-0.05, 0) is 60.6 Å². The maximum absolute atomic E-state index is 10.4. The van der Waals surface area contributed by atoms with Crippen molar-refractivity contribution in [1.82, 2.24) is 0 Å². The van der Waals surface area contributed by atoms with Crippen molar-refractivity contribution in [3.05, 3.63) is 96.6 Å². The number of carboxylic acid groups (broad SMARTS) is 1. The second-order valence-electron chi connectivity index (χ2n) is 7.73. The number of benzene rings is 3. The van der Waals surface area contributed by atoms with Crippen LogP contribution >= 0.6 is 0 Å². The lowest BCUT2D eigenvalue weighted by atomic mass is 10.1. The summed E-state index contributed by atoms with van der Waals surface area (Å²) < 4.78 is 5.62. The van der Waals surface area contributed by atoms with Gasteiger partial charge in [0.2, 0.25) is 0 Å². The molecule has 0 aliphatic rings. The monoisotopic (exact) mass is 446 g/mol. The van der Waals surface area contributed by atoms with Crippen molar-refractivity contribution in [2.45, 2.75) is 45.1 Å². The molecule has 0 heterocycles. The molecule has 174 valence electrons. The molecule has 0 saturated carbocycles. The van der Waals surface area contributed by atoms with Crippen molar-refractivity contribution < 1.29 is 19.7 Å². The van der Waals surface area contributed by atoms with E-state index in [0.717, 1.165) is 49.5 Å². The molecule has 0 bridgehead atoms. The average molecular weight is 447 g/mol. The molecular weight excluding hydrogens is 412 g/mol. The van der Waals surface area contributed by atoms with Crippen LogP contribution in [0.15, 0.2) is 91.0 Å². The SMILES string of the molecule is CCC(O)CCCCCOc1ccc(C=CC(=O)O)cc1.c1ccc(-c2ccccc2)cc1. The Bertz CT molecular complexity index is 897. The number of rotatable bonds is 11. The maximum atomic E-state index is 10.4. The predicted octanol–water partition coefficient (Wildman–Crippen LogP) is 6.85. The van der Waals surface area contributed by atoms with Gasteiger partial charge in [-0.2, -0.15) is 0 Å². The summed E-state index contributed by atoms with van der Waals surface area (Å²) >= 11 is 0. The third-order valence-electron chi connectivity index (χ3n) is 5.10. The standard InChI is InChI=1S/C17H24O4.C12H10/c1-2-15(18)6-4-3-5-13-21-16-10-7-14(8-11-16)9-12-17(19)20;1-3-7-11(8-4-1)12-9-5-2-6-10-12/h7-12,15,18H,2-6,13H2,1H3,(H,19,20);1-10H. The summed E-state index contributed by atoms with van der Waals surface area (Å²) in [5.41, 5.74) is 3.38. The molecule has 3 aromatic rings. The molecule has 0 aliphatic carbocycles. The molecule has 4 nitrogen and oxygen atoms in total. The lowest BCUT2D eigenvalue weighted by Crippen LogP contribution is -2.04. The summed E-state index contributed by atoms with van der Waals surface area (Å²) in [6.45, 7) is 2.65. The largest absolute Gasteiger partial charge is 0.494 e. The van der Waals surface area contributed by atoms with Crippen LogP contribution < -0.4 is 4.74 Å². The Morgan fingerprint density at radius 1 is 0.848 bits per heavy atom. The Labute approximate surface area is 197 Å². The van der Waals surface area contributed by atoms with Gasteiger partial charge in [-0.3, -0.25) is 0 Å². The third-order valence-corrected chi connectivity index (χ3v) is 5.10. The van der Waals surface area contributed by atoms with Crippen molar-refractivity contribution >= 4 is 12.0 Å². The first-order valence-corrected chi connectivity index (χ1v) is 11.5.